The summed E-state index contributed by atoms with van der Waals surface area (Å²) in [5.41, 5.74) is 2.40. The minimum Gasteiger partial charge on any atom is -0.334 e. The van der Waals surface area contributed by atoms with Gasteiger partial charge in [-0.25, -0.2) is 4.98 Å². The number of benzene rings is 2. The highest BCUT2D eigenvalue weighted by molar-refractivity contribution is 7.20. The van der Waals surface area contributed by atoms with E-state index in [2.05, 4.69) is 9.88 Å². The fourth-order valence-corrected chi connectivity index (χ4v) is 6.66. The molecule has 2 aromatic carbocycles. The van der Waals surface area contributed by atoms with E-state index in [0.29, 0.717) is 53.4 Å². The van der Waals surface area contributed by atoms with E-state index in [4.69, 9.17) is 0 Å². The zero-order chi connectivity index (χ0) is 26.4. The van der Waals surface area contributed by atoms with Crippen LogP contribution in [0.5, 0.6) is 0 Å². The SMILES string of the molecule is O=C(c1cscn1)N1CC(N2CCN(C(=O)c3cc4cc(C(F)(F)F)ccc4s3)C(c3ccccc3)C2)C1. The third kappa shape index (κ3) is 4.70. The number of amides is 2. The molecule has 0 saturated carbocycles. The van der Waals surface area contributed by atoms with Crippen molar-refractivity contribution in [3.05, 3.63) is 87.2 Å². The van der Waals surface area contributed by atoms with Crippen molar-refractivity contribution in [2.24, 2.45) is 0 Å². The van der Waals surface area contributed by atoms with Gasteiger partial charge >= 0.3 is 6.18 Å². The predicted octanol–water partition coefficient (Wildman–Crippen LogP) is 5.40. The first-order valence-electron chi connectivity index (χ1n) is 12.2. The number of nitrogens with zero attached hydrogens (tertiary/aromatic N) is 4. The van der Waals surface area contributed by atoms with Gasteiger partial charge in [-0.2, -0.15) is 13.2 Å². The molecule has 6 rings (SSSR count). The van der Waals surface area contributed by atoms with Gasteiger partial charge < -0.3 is 9.80 Å². The van der Waals surface area contributed by atoms with Crippen molar-refractivity contribution in [2.75, 3.05) is 32.7 Å². The number of alkyl halides is 3. The molecule has 196 valence electrons. The summed E-state index contributed by atoms with van der Waals surface area (Å²) in [5.74, 6) is -0.239. The summed E-state index contributed by atoms with van der Waals surface area (Å²) in [5, 5.41) is 2.17. The van der Waals surface area contributed by atoms with E-state index >= 15 is 0 Å². The quantitative estimate of drug-likeness (QED) is 0.338. The van der Waals surface area contributed by atoms with Crippen molar-refractivity contribution in [1.29, 1.82) is 0 Å². The number of thiazole rings is 1. The van der Waals surface area contributed by atoms with E-state index in [9.17, 15) is 22.8 Å². The lowest BCUT2D eigenvalue weighted by molar-refractivity contribution is -0.137. The van der Waals surface area contributed by atoms with Crippen molar-refractivity contribution in [1.82, 2.24) is 19.7 Å². The zero-order valence-electron chi connectivity index (χ0n) is 20.1. The molecule has 2 aliphatic heterocycles. The first-order chi connectivity index (χ1) is 18.3. The van der Waals surface area contributed by atoms with Crippen molar-refractivity contribution in [3.8, 4) is 0 Å². The molecule has 2 aromatic heterocycles. The van der Waals surface area contributed by atoms with E-state index < -0.39 is 11.7 Å². The van der Waals surface area contributed by atoms with E-state index in [1.54, 1.807) is 21.9 Å². The Morgan fingerprint density at radius 1 is 0.947 bits per heavy atom. The number of thiophene rings is 1. The van der Waals surface area contributed by atoms with Crippen LogP contribution in [-0.2, 0) is 6.18 Å². The average Bonchev–Trinajstić information content (AvgIpc) is 3.57. The second kappa shape index (κ2) is 9.79. The number of carbonyl (C=O) groups is 2. The average molecular weight is 557 g/mol. The van der Waals surface area contributed by atoms with E-state index in [-0.39, 0.29) is 23.9 Å². The minimum atomic E-state index is -4.43. The number of piperazine rings is 1. The molecular weight excluding hydrogens is 533 g/mol. The molecule has 6 nitrogen and oxygen atoms in total. The van der Waals surface area contributed by atoms with Crippen LogP contribution in [0.3, 0.4) is 0 Å². The summed E-state index contributed by atoms with van der Waals surface area (Å²) in [6, 6.07) is 14.9. The number of aromatic nitrogens is 1. The maximum Gasteiger partial charge on any atom is 0.416 e. The molecule has 0 N–H and O–H groups in total. The minimum absolute atomic E-state index is 0.0608. The summed E-state index contributed by atoms with van der Waals surface area (Å²) in [6.07, 6.45) is -4.43. The van der Waals surface area contributed by atoms with Gasteiger partial charge in [0, 0.05) is 48.8 Å². The summed E-state index contributed by atoms with van der Waals surface area (Å²) < 4.78 is 40.2. The van der Waals surface area contributed by atoms with Crippen molar-refractivity contribution < 1.29 is 22.8 Å². The fourth-order valence-electron chi connectivity index (χ4n) is 5.14. The maximum atomic E-state index is 13.7. The van der Waals surface area contributed by atoms with Crippen LogP contribution < -0.4 is 0 Å². The molecular formula is C27H23F3N4O2S2. The van der Waals surface area contributed by atoms with Crippen LogP contribution in [0.1, 0.15) is 37.3 Å². The van der Waals surface area contributed by atoms with Gasteiger partial charge in [-0.1, -0.05) is 30.3 Å². The highest BCUT2D eigenvalue weighted by atomic mass is 32.1. The number of hydrogen-bond donors (Lipinski definition) is 0. The highest BCUT2D eigenvalue weighted by Gasteiger charge is 2.41. The largest absolute Gasteiger partial charge is 0.416 e. The van der Waals surface area contributed by atoms with Crippen molar-refractivity contribution in [3.63, 3.8) is 0 Å². The lowest BCUT2D eigenvalue weighted by atomic mass is 9.98. The van der Waals surface area contributed by atoms with Gasteiger partial charge in [-0.3, -0.25) is 14.5 Å². The molecule has 1 atom stereocenters. The normalized spacial score (nSPS) is 19.1. The summed E-state index contributed by atoms with van der Waals surface area (Å²) in [6.45, 7) is 2.98. The first kappa shape index (κ1) is 25.0. The van der Waals surface area contributed by atoms with Crippen LogP contribution in [0.4, 0.5) is 13.2 Å². The number of hydrogen-bond acceptors (Lipinski definition) is 6. The monoisotopic (exact) mass is 556 g/mol. The molecule has 38 heavy (non-hydrogen) atoms. The Balaban J connectivity index is 1.21. The molecule has 11 heteroatoms. The molecule has 1 unspecified atom stereocenters. The van der Waals surface area contributed by atoms with E-state index in [0.717, 1.165) is 17.7 Å². The van der Waals surface area contributed by atoms with E-state index in [1.165, 1.54) is 28.7 Å². The Kier molecular flexibility index (Phi) is 6.45. The second-order valence-corrected chi connectivity index (χ2v) is 11.3. The smallest absolute Gasteiger partial charge is 0.334 e. The Morgan fingerprint density at radius 2 is 1.74 bits per heavy atom. The maximum absolute atomic E-state index is 13.7. The van der Waals surface area contributed by atoms with Crippen LogP contribution >= 0.6 is 22.7 Å². The van der Waals surface area contributed by atoms with Crippen molar-refractivity contribution in [2.45, 2.75) is 18.3 Å². The van der Waals surface area contributed by atoms with Crippen LogP contribution in [0.2, 0.25) is 0 Å². The van der Waals surface area contributed by atoms with Crippen molar-refractivity contribution >= 4 is 44.6 Å². The lowest BCUT2D eigenvalue weighted by Crippen LogP contribution is -2.64. The standard InChI is InChI=1S/C27H23F3N4O2S2/c28-27(29,30)19-6-7-23-18(10-19)11-24(38-23)26(36)34-9-8-32(14-22(34)17-4-2-1-3-5-17)20-12-33(13-20)25(35)21-15-37-16-31-21/h1-7,10-11,15-16,20,22H,8-9,12-14H2. The molecule has 2 saturated heterocycles. The van der Waals surface area contributed by atoms with Gasteiger partial charge in [0.15, 0.2) is 0 Å². The van der Waals surface area contributed by atoms with Gasteiger partial charge in [-0.15, -0.1) is 22.7 Å². The second-order valence-electron chi connectivity index (χ2n) is 9.52. The number of halogens is 3. The highest BCUT2D eigenvalue weighted by Crippen LogP contribution is 2.36. The lowest BCUT2D eigenvalue weighted by Gasteiger charge is -2.50. The zero-order valence-corrected chi connectivity index (χ0v) is 21.7. The molecule has 2 fully saturated rings. The molecule has 0 spiro atoms. The Bertz CT molecular complexity index is 1470. The Morgan fingerprint density at radius 3 is 2.45 bits per heavy atom. The van der Waals surface area contributed by atoms with Gasteiger partial charge in [0.25, 0.3) is 11.8 Å². The molecule has 0 aliphatic carbocycles. The topological polar surface area (TPSA) is 56.8 Å². The molecule has 0 bridgehead atoms. The molecule has 4 aromatic rings. The third-order valence-electron chi connectivity index (χ3n) is 7.23. The number of fused-ring (bicyclic) bond motifs is 1. The third-order valence-corrected chi connectivity index (χ3v) is 8.92. The molecule has 2 amide bonds. The van der Waals surface area contributed by atoms with Crippen LogP contribution in [0, 0.1) is 0 Å². The van der Waals surface area contributed by atoms with E-state index in [1.807, 2.05) is 35.2 Å². The van der Waals surface area contributed by atoms with Gasteiger partial charge in [0.05, 0.1) is 22.0 Å². The van der Waals surface area contributed by atoms with Crippen LogP contribution in [0.25, 0.3) is 10.1 Å². The molecule has 4 heterocycles. The number of carbonyl (C=O) groups excluding carboxylic acids is 2. The summed E-state index contributed by atoms with van der Waals surface area (Å²) >= 11 is 2.61. The van der Waals surface area contributed by atoms with Crippen LogP contribution in [0.15, 0.2) is 65.5 Å². The number of likely N-dealkylation sites (tertiary alicyclic amines) is 1. The van der Waals surface area contributed by atoms with Gasteiger partial charge in [-0.05, 0) is 35.2 Å². The van der Waals surface area contributed by atoms with Gasteiger partial charge in [0.2, 0.25) is 0 Å². The Labute approximate surface area is 224 Å². The predicted molar refractivity (Wildman–Crippen MR) is 140 cm³/mol. The fraction of sp³-hybridized carbons (Fsp3) is 0.296. The van der Waals surface area contributed by atoms with Crippen LogP contribution in [-0.4, -0.2) is 70.3 Å². The first-order valence-corrected chi connectivity index (χ1v) is 13.9. The Hall–Kier alpha value is -3.28. The van der Waals surface area contributed by atoms with Gasteiger partial charge in [0.1, 0.15) is 5.69 Å². The summed E-state index contributed by atoms with van der Waals surface area (Å²) in [4.78, 5) is 36.8. The number of rotatable bonds is 4. The molecule has 0 radical (unpaired) electrons. The summed E-state index contributed by atoms with van der Waals surface area (Å²) in [7, 11) is 0. The molecule has 2 aliphatic rings.